The van der Waals surface area contributed by atoms with Crippen LogP contribution in [0.25, 0.3) is 22.4 Å². The third kappa shape index (κ3) is 3.87. The van der Waals surface area contributed by atoms with Gasteiger partial charge < -0.3 is 19.6 Å². The fourth-order valence-corrected chi connectivity index (χ4v) is 3.89. The van der Waals surface area contributed by atoms with Gasteiger partial charge in [-0.2, -0.15) is 0 Å². The molecule has 2 N–H and O–H groups in total. The lowest BCUT2D eigenvalue weighted by atomic mass is 10.1. The van der Waals surface area contributed by atoms with Crippen molar-refractivity contribution in [2.45, 2.75) is 13.8 Å². The molecule has 1 aromatic carbocycles. The van der Waals surface area contributed by atoms with Crippen LogP contribution < -0.4 is 10.3 Å². The van der Waals surface area contributed by atoms with Gasteiger partial charge in [0.2, 0.25) is 5.75 Å². The highest BCUT2D eigenvalue weighted by molar-refractivity contribution is 7.20. The number of fused-ring (bicyclic) bond motifs is 1. The van der Waals surface area contributed by atoms with Crippen LogP contribution in [0.3, 0.4) is 0 Å². The van der Waals surface area contributed by atoms with Crippen LogP contribution in [-0.2, 0) is 4.74 Å². The number of hydrogen-bond donors (Lipinski definition) is 2. The van der Waals surface area contributed by atoms with Crippen LogP contribution in [0, 0.1) is 17.0 Å². The van der Waals surface area contributed by atoms with E-state index in [1.54, 1.807) is 13.8 Å². The van der Waals surface area contributed by atoms with Crippen molar-refractivity contribution in [3.63, 3.8) is 0 Å². The van der Waals surface area contributed by atoms with Gasteiger partial charge in [0.1, 0.15) is 15.5 Å². The molecule has 0 amide bonds. The second-order valence-electron chi connectivity index (χ2n) is 6.09. The van der Waals surface area contributed by atoms with E-state index in [1.807, 2.05) is 0 Å². The molecule has 156 valence electrons. The summed E-state index contributed by atoms with van der Waals surface area (Å²) in [7, 11) is 1.28. The Morgan fingerprint density at radius 2 is 2.13 bits per heavy atom. The van der Waals surface area contributed by atoms with E-state index in [-0.39, 0.29) is 18.2 Å². The second-order valence-corrected chi connectivity index (χ2v) is 7.09. The lowest BCUT2D eigenvalue weighted by Crippen LogP contribution is -2.10. The maximum absolute atomic E-state index is 12.5. The first-order chi connectivity index (χ1) is 14.3. The van der Waals surface area contributed by atoms with Crippen LogP contribution in [0.2, 0.25) is 0 Å². The summed E-state index contributed by atoms with van der Waals surface area (Å²) in [4.78, 5) is 42.6. The Balaban J connectivity index is 2.03. The summed E-state index contributed by atoms with van der Waals surface area (Å²) in [6.45, 7) is 3.56. The number of phenolic OH excluding ortho intramolecular Hbond substituents is 1. The number of H-pyrrole nitrogens is 1. The number of aromatic amines is 1. The minimum atomic E-state index is -0.729. The van der Waals surface area contributed by atoms with Crippen molar-refractivity contribution >= 4 is 45.4 Å². The molecule has 0 atom stereocenters. The fraction of sp³-hybridized carbons (Fsp3) is 0.211. The molecule has 0 aliphatic rings. The molecule has 11 heteroatoms. The van der Waals surface area contributed by atoms with Gasteiger partial charge in [-0.15, -0.1) is 11.3 Å². The zero-order valence-electron chi connectivity index (χ0n) is 16.2. The van der Waals surface area contributed by atoms with Crippen molar-refractivity contribution < 1.29 is 24.3 Å². The lowest BCUT2D eigenvalue weighted by molar-refractivity contribution is -0.386. The number of nitro groups is 1. The number of hydrogen-bond acceptors (Lipinski definition) is 9. The number of nitro benzene ring substituents is 1. The SMILES string of the molecule is CCOC(=O)c1sc2nc(/C=C/c3cc(OC)c(O)c([N+](=O)[O-])c3)[nH]c(=O)c2c1C. The van der Waals surface area contributed by atoms with Gasteiger partial charge >= 0.3 is 11.7 Å². The number of esters is 1. The van der Waals surface area contributed by atoms with E-state index in [2.05, 4.69) is 9.97 Å². The Bertz CT molecular complexity index is 1240. The number of carbonyl (C=O) groups excluding carboxylic acids is 1. The Morgan fingerprint density at radius 1 is 1.40 bits per heavy atom. The van der Waals surface area contributed by atoms with Crippen LogP contribution in [0.1, 0.15) is 33.5 Å². The molecule has 0 radical (unpaired) electrons. The van der Waals surface area contributed by atoms with Gasteiger partial charge in [-0.05, 0) is 37.1 Å². The molecule has 0 saturated heterocycles. The van der Waals surface area contributed by atoms with E-state index >= 15 is 0 Å². The standard InChI is InChI=1S/C19H17N3O7S/c1-4-29-19(25)16-9(2)14-17(24)20-13(21-18(14)30-16)6-5-10-7-11(22(26)27)15(23)12(8-10)28-3/h5-8,23H,4H2,1-3H3,(H,20,21,24)/b6-5+. The molecule has 3 rings (SSSR count). The molecular formula is C19H17N3O7S. The first-order valence-electron chi connectivity index (χ1n) is 8.70. The summed E-state index contributed by atoms with van der Waals surface area (Å²) >= 11 is 1.05. The molecular weight excluding hydrogens is 414 g/mol. The highest BCUT2D eigenvalue weighted by Gasteiger charge is 2.21. The van der Waals surface area contributed by atoms with E-state index in [9.17, 15) is 24.8 Å². The van der Waals surface area contributed by atoms with E-state index in [0.29, 0.717) is 26.2 Å². The summed E-state index contributed by atoms with van der Waals surface area (Å²) in [5.41, 5.74) is -0.0811. The zero-order chi connectivity index (χ0) is 22.0. The lowest BCUT2D eigenvalue weighted by Gasteiger charge is -2.05. The third-order valence-electron chi connectivity index (χ3n) is 4.21. The highest BCUT2D eigenvalue weighted by atomic mass is 32.1. The Kier molecular flexibility index (Phi) is 5.83. The minimum Gasteiger partial charge on any atom is -0.500 e. The van der Waals surface area contributed by atoms with Crippen LogP contribution in [0.4, 0.5) is 5.69 Å². The molecule has 30 heavy (non-hydrogen) atoms. The quantitative estimate of drug-likeness (QED) is 0.344. The van der Waals surface area contributed by atoms with Crippen molar-refractivity contribution in [1.82, 2.24) is 9.97 Å². The molecule has 0 bridgehead atoms. The summed E-state index contributed by atoms with van der Waals surface area (Å²) in [6, 6.07) is 2.57. The molecule has 10 nitrogen and oxygen atoms in total. The number of benzene rings is 1. The molecule has 0 fully saturated rings. The molecule has 0 spiro atoms. The first-order valence-corrected chi connectivity index (χ1v) is 9.52. The van der Waals surface area contributed by atoms with Gasteiger partial charge in [0, 0.05) is 6.07 Å². The molecule has 0 unspecified atom stereocenters. The van der Waals surface area contributed by atoms with E-state index in [1.165, 1.54) is 31.4 Å². The van der Waals surface area contributed by atoms with Crippen LogP contribution >= 0.6 is 11.3 Å². The number of aromatic hydroxyl groups is 1. The largest absolute Gasteiger partial charge is 0.500 e. The molecule has 0 aliphatic carbocycles. The number of nitrogens with zero attached hydrogens (tertiary/aromatic N) is 2. The molecule has 0 aliphatic heterocycles. The van der Waals surface area contributed by atoms with Crippen molar-refractivity contribution in [3.05, 3.63) is 54.4 Å². The number of phenols is 1. The number of rotatable bonds is 6. The van der Waals surface area contributed by atoms with Crippen molar-refractivity contribution in [1.29, 1.82) is 0 Å². The van der Waals surface area contributed by atoms with Gasteiger partial charge in [0.05, 0.1) is 24.0 Å². The summed E-state index contributed by atoms with van der Waals surface area (Å²) in [5, 5.41) is 21.3. The average molecular weight is 431 g/mol. The number of nitrogens with one attached hydrogen (secondary N) is 1. The number of thiophene rings is 1. The predicted molar refractivity (Wildman–Crippen MR) is 111 cm³/mol. The minimum absolute atomic E-state index is 0.0614. The maximum atomic E-state index is 12.5. The van der Waals surface area contributed by atoms with Crippen molar-refractivity contribution in [2.24, 2.45) is 0 Å². The van der Waals surface area contributed by atoms with Gasteiger partial charge in [-0.3, -0.25) is 14.9 Å². The summed E-state index contributed by atoms with van der Waals surface area (Å²) < 4.78 is 9.97. The third-order valence-corrected chi connectivity index (χ3v) is 5.37. The zero-order valence-corrected chi connectivity index (χ0v) is 17.0. The summed E-state index contributed by atoms with van der Waals surface area (Å²) in [5.74, 6) is -0.960. The summed E-state index contributed by atoms with van der Waals surface area (Å²) in [6.07, 6.45) is 2.93. The topological polar surface area (TPSA) is 145 Å². The average Bonchev–Trinajstić information content (AvgIpc) is 3.04. The number of aromatic nitrogens is 2. The second kappa shape index (κ2) is 8.33. The van der Waals surface area contributed by atoms with Gasteiger partial charge in [0.15, 0.2) is 5.75 Å². The van der Waals surface area contributed by atoms with Crippen LogP contribution in [0.5, 0.6) is 11.5 Å². The fourth-order valence-electron chi connectivity index (χ4n) is 2.81. The Labute approximate surface area is 173 Å². The Morgan fingerprint density at radius 3 is 2.77 bits per heavy atom. The number of methoxy groups -OCH3 is 1. The normalized spacial score (nSPS) is 11.2. The molecule has 2 aromatic heterocycles. The number of ether oxygens (including phenoxy) is 2. The molecule has 0 saturated carbocycles. The smallest absolute Gasteiger partial charge is 0.348 e. The van der Waals surface area contributed by atoms with Crippen LogP contribution in [-0.4, -0.2) is 39.7 Å². The van der Waals surface area contributed by atoms with Gasteiger partial charge in [-0.1, -0.05) is 6.08 Å². The molecule has 3 aromatic rings. The monoisotopic (exact) mass is 431 g/mol. The van der Waals surface area contributed by atoms with Crippen LogP contribution in [0.15, 0.2) is 16.9 Å². The van der Waals surface area contributed by atoms with Crippen molar-refractivity contribution in [2.75, 3.05) is 13.7 Å². The number of carbonyl (C=O) groups is 1. The Hall–Kier alpha value is -3.73. The highest BCUT2D eigenvalue weighted by Crippen LogP contribution is 2.37. The van der Waals surface area contributed by atoms with Gasteiger partial charge in [0.25, 0.3) is 5.56 Å². The number of aryl methyl sites for hydroxylation is 1. The van der Waals surface area contributed by atoms with E-state index in [0.717, 1.165) is 11.3 Å². The predicted octanol–water partition coefficient (Wildman–Crippen LogP) is 3.26. The maximum Gasteiger partial charge on any atom is 0.348 e. The van der Waals surface area contributed by atoms with Gasteiger partial charge in [-0.25, -0.2) is 9.78 Å². The first kappa shape index (κ1) is 21.0. The van der Waals surface area contributed by atoms with E-state index < -0.39 is 27.9 Å². The van der Waals surface area contributed by atoms with E-state index in [4.69, 9.17) is 9.47 Å². The molecule has 2 heterocycles. The van der Waals surface area contributed by atoms with Crippen molar-refractivity contribution in [3.8, 4) is 11.5 Å².